The van der Waals surface area contributed by atoms with Crippen LogP contribution in [-0.4, -0.2) is 34.2 Å². The Labute approximate surface area is 220 Å². The number of fused-ring (bicyclic) bond motifs is 3. The number of hydrogen-bond acceptors (Lipinski definition) is 2. The Kier molecular flexibility index (Phi) is 6.48. The summed E-state index contributed by atoms with van der Waals surface area (Å²) in [5.74, 6) is 0.412. The van der Waals surface area contributed by atoms with Crippen molar-refractivity contribution in [2.24, 2.45) is 0 Å². The lowest BCUT2D eigenvalue weighted by atomic mass is 9.63. The molecule has 1 aliphatic carbocycles. The smallest absolute Gasteiger partial charge is 0.199 e. The quantitative estimate of drug-likeness (QED) is 0.275. The number of aromatic hydroxyl groups is 1. The first-order valence-electron chi connectivity index (χ1n) is 13.6. The van der Waals surface area contributed by atoms with Crippen molar-refractivity contribution in [2.75, 3.05) is 19.6 Å². The lowest BCUT2D eigenvalue weighted by molar-refractivity contribution is 0.196. The van der Waals surface area contributed by atoms with Gasteiger partial charge in [0.1, 0.15) is 0 Å². The van der Waals surface area contributed by atoms with Crippen LogP contribution in [0, 0.1) is 0 Å². The topological polar surface area (TPSA) is 28.4 Å². The van der Waals surface area contributed by atoms with Crippen LogP contribution in [0.3, 0.4) is 0 Å². The number of piperidine rings is 1. The Balaban J connectivity index is 1.14. The summed E-state index contributed by atoms with van der Waals surface area (Å²) in [6.07, 6.45) is 14.0. The van der Waals surface area contributed by atoms with Gasteiger partial charge in [-0.3, -0.25) is 4.90 Å². The number of aromatic nitrogens is 1. The van der Waals surface area contributed by atoms with Crippen LogP contribution in [0.1, 0.15) is 54.0 Å². The Morgan fingerprint density at radius 1 is 0.838 bits per heavy atom. The van der Waals surface area contributed by atoms with Gasteiger partial charge in [-0.05, 0) is 60.4 Å². The van der Waals surface area contributed by atoms with E-state index in [4.69, 9.17) is 0 Å². The minimum atomic E-state index is -0.0510. The normalized spacial score (nSPS) is 17.6. The second-order valence-electron chi connectivity index (χ2n) is 10.7. The Morgan fingerprint density at radius 3 is 2.16 bits per heavy atom. The molecule has 1 fully saturated rings. The van der Waals surface area contributed by atoms with Crippen LogP contribution >= 0.6 is 0 Å². The molecule has 0 amide bonds. The van der Waals surface area contributed by atoms with Crippen LogP contribution in [0.5, 0.6) is 5.88 Å². The molecule has 37 heavy (non-hydrogen) atoms. The van der Waals surface area contributed by atoms with E-state index < -0.39 is 0 Å². The predicted molar refractivity (Wildman–Crippen MR) is 153 cm³/mol. The zero-order chi connectivity index (χ0) is 25.2. The van der Waals surface area contributed by atoms with Gasteiger partial charge >= 0.3 is 0 Å². The van der Waals surface area contributed by atoms with E-state index in [1.54, 1.807) is 0 Å². The number of hydrogen-bond donors (Lipinski definition) is 1. The molecule has 3 aromatic carbocycles. The largest absolute Gasteiger partial charge is 0.494 e. The highest BCUT2D eigenvalue weighted by atomic mass is 16.3. The molecule has 0 bridgehead atoms. The molecule has 0 saturated carbocycles. The molecule has 6 rings (SSSR count). The maximum Gasteiger partial charge on any atom is 0.199 e. The maximum absolute atomic E-state index is 10.7. The minimum Gasteiger partial charge on any atom is -0.494 e. The van der Waals surface area contributed by atoms with E-state index in [0.717, 1.165) is 62.5 Å². The van der Waals surface area contributed by atoms with Crippen molar-refractivity contribution in [3.05, 3.63) is 126 Å². The monoisotopic (exact) mass is 488 g/mol. The van der Waals surface area contributed by atoms with Crippen LogP contribution in [0.4, 0.5) is 0 Å². The van der Waals surface area contributed by atoms with Crippen LogP contribution in [0.2, 0.25) is 0 Å². The number of nitrogens with zero attached hydrogens (tertiary/aromatic N) is 2. The summed E-state index contributed by atoms with van der Waals surface area (Å²) in [7, 11) is 0. The number of allylic oxidation sites excluding steroid dienone is 2. The van der Waals surface area contributed by atoms with Gasteiger partial charge in [-0.2, -0.15) is 0 Å². The van der Waals surface area contributed by atoms with Gasteiger partial charge in [0.05, 0.1) is 0 Å². The summed E-state index contributed by atoms with van der Waals surface area (Å²) in [6.45, 7) is 7.22. The molecule has 4 aromatic rings. The van der Waals surface area contributed by atoms with Gasteiger partial charge in [-0.25, -0.2) is 0 Å². The summed E-state index contributed by atoms with van der Waals surface area (Å²) >= 11 is 0. The average Bonchev–Trinajstić information content (AvgIpc) is 3.28. The summed E-state index contributed by atoms with van der Waals surface area (Å²) in [6, 6.07) is 26.4. The second kappa shape index (κ2) is 10.1. The van der Waals surface area contributed by atoms with Crippen molar-refractivity contribution in [1.82, 2.24) is 9.47 Å². The summed E-state index contributed by atoms with van der Waals surface area (Å²) in [5, 5.41) is 12.8. The third-order valence-electron chi connectivity index (χ3n) is 8.61. The first-order chi connectivity index (χ1) is 18.2. The third-order valence-corrected chi connectivity index (χ3v) is 8.61. The SMILES string of the molecule is C=CCC1(CC=CCN2CCC(n3cc4ccccc4c3O)CC2)c2ccccc2Cc2ccccc21. The maximum atomic E-state index is 10.7. The summed E-state index contributed by atoms with van der Waals surface area (Å²) in [5.41, 5.74) is 5.75. The fraction of sp³-hybridized carbons (Fsp3) is 0.294. The number of benzene rings is 3. The van der Waals surface area contributed by atoms with Crippen LogP contribution < -0.4 is 0 Å². The fourth-order valence-electron chi connectivity index (χ4n) is 6.73. The zero-order valence-electron chi connectivity index (χ0n) is 21.5. The molecule has 2 aliphatic rings. The van der Waals surface area contributed by atoms with E-state index in [-0.39, 0.29) is 5.41 Å². The molecule has 1 aromatic heterocycles. The molecule has 1 N–H and O–H groups in total. The first-order valence-corrected chi connectivity index (χ1v) is 13.6. The van der Waals surface area contributed by atoms with E-state index in [1.165, 1.54) is 22.3 Å². The van der Waals surface area contributed by atoms with E-state index in [0.29, 0.717) is 11.9 Å². The molecular weight excluding hydrogens is 452 g/mol. The predicted octanol–water partition coefficient (Wildman–Crippen LogP) is 7.40. The van der Waals surface area contributed by atoms with Gasteiger partial charge < -0.3 is 9.67 Å². The molecule has 0 unspecified atom stereocenters. The molecule has 1 saturated heterocycles. The third kappa shape index (κ3) is 4.32. The van der Waals surface area contributed by atoms with Gasteiger partial charge in [0.25, 0.3) is 0 Å². The van der Waals surface area contributed by atoms with Crippen LogP contribution in [0.25, 0.3) is 10.8 Å². The Hall–Kier alpha value is -3.56. The Morgan fingerprint density at radius 2 is 1.49 bits per heavy atom. The highest BCUT2D eigenvalue weighted by molar-refractivity contribution is 5.87. The molecule has 0 radical (unpaired) electrons. The molecule has 0 spiro atoms. The van der Waals surface area contributed by atoms with E-state index in [9.17, 15) is 5.11 Å². The second-order valence-corrected chi connectivity index (χ2v) is 10.7. The number of rotatable bonds is 7. The molecule has 3 nitrogen and oxygen atoms in total. The fourth-order valence-corrected chi connectivity index (χ4v) is 6.73. The van der Waals surface area contributed by atoms with E-state index >= 15 is 0 Å². The highest BCUT2D eigenvalue weighted by Crippen LogP contribution is 2.47. The number of likely N-dealkylation sites (tertiary alicyclic amines) is 1. The summed E-state index contributed by atoms with van der Waals surface area (Å²) < 4.78 is 2.09. The van der Waals surface area contributed by atoms with Crippen molar-refractivity contribution in [3.63, 3.8) is 0 Å². The molecule has 0 atom stereocenters. The van der Waals surface area contributed by atoms with E-state index in [2.05, 4.69) is 95.1 Å². The van der Waals surface area contributed by atoms with Crippen molar-refractivity contribution < 1.29 is 5.11 Å². The first kappa shape index (κ1) is 23.8. The van der Waals surface area contributed by atoms with E-state index in [1.807, 2.05) is 18.2 Å². The van der Waals surface area contributed by atoms with Crippen molar-refractivity contribution in [2.45, 2.75) is 43.6 Å². The van der Waals surface area contributed by atoms with Crippen molar-refractivity contribution in [3.8, 4) is 5.88 Å². The molecule has 1 aliphatic heterocycles. The Bertz CT molecular complexity index is 1390. The molecular formula is C34H36N2O. The van der Waals surface area contributed by atoms with Crippen molar-refractivity contribution >= 4 is 10.8 Å². The van der Waals surface area contributed by atoms with Crippen molar-refractivity contribution in [1.29, 1.82) is 0 Å². The average molecular weight is 489 g/mol. The standard InChI is InChI=1S/C34H36N2O/c1-2-19-34(31-15-7-4-11-26(31)24-27-12-5-8-16-32(27)34)20-9-10-21-35-22-17-29(18-23-35)36-25-28-13-3-6-14-30(28)33(36)37/h2-16,25,29,37H,1,17-24H2. The van der Waals surface area contributed by atoms with Crippen LogP contribution in [-0.2, 0) is 11.8 Å². The lowest BCUT2D eigenvalue weighted by Gasteiger charge is -2.40. The van der Waals surface area contributed by atoms with Gasteiger partial charge in [-0.15, -0.1) is 6.58 Å². The minimum absolute atomic E-state index is 0.0510. The van der Waals surface area contributed by atoms with Gasteiger partial charge in [0.2, 0.25) is 0 Å². The van der Waals surface area contributed by atoms with Gasteiger partial charge in [-0.1, -0.05) is 85.0 Å². The molecule has 3 heteroatoms. The molecule has 188 valence electrons. The molecule has 2 heterocycles. The highest BCUT2D eigenvalue weighted by Gasteiger charge is 2.38. The van der Waals surface area contributed by atoms with Gasteiger partial charge in [0, 0.05) is 48.1 Å². The van der Waals surface area contributed by atoms with Crippen LogP contribution in [0.15, 0.2) is 104 Å². The zero-order valence-corrected chi connectivity index (χ0v) is 21.5. The summed E-state index contributed by atoms with van der Waals surface area (Å²) in [4.78, 5) is 2.54. The lowest BCUT2D eigenvalue weighted by Crippen LogP contribution is -2.35. The van der Waals surface area contributed by atoms with Gasteiger partial charge in [0.15, 0.2) is 5.88 Å².